The monoisotopic (exact) mass is 662 g/mol. The summed E-state index contributed by atoms with van der Waals surface area (Å²) in [4.78, 5) is 2.37. The van der Waals surface area contributed by atoms with Gasteiger partial charge in [0.25, 0.3) is 0 Å². The Morgan fingerprint density at radius 2 is 0.788 bits per heavy atom. The average Bonchev–Trinajstić information content (AvgIpc) is 3.55. The number of hydrogen-bond donors (Lipinski definition) is 0. The molecule has 0 aliphatic heterocycles. The average molecular weight is 663 g/mol. The summed E-state index contributed by atoms with van der Waals surface area (Å²) < 4.78 is 2.39. The van der Waals surface area contributed by atoms with Crippen LogP contribution in [-0.2, 0) is 0 Å². The van der Waals surface area contributed by atoms with E-state index in [1.165, 1.54) is 65.6 Å². The molecule has 1 aromatic heterocycles. The molecule has 2 heteroatoms. The van der Waals surface area contributed by atoms with Gasteiger partial charge in [0, 0.05) is 33.5 Å². The zero-order valence-corrected chi connectivity index (χ0v) is 28.5. The Balaban J connectivity index is 1.10. The van der Waals surface area contributed by atoms with Crippen LogP contribution < -0.4 is 4.90 Å². The third kappa shape index (κ3) is 5.21. The van der Waals surface area contributed by atoms with Gasteiger partial charge in [-0.3, -0.25) is 0 Å². The third-order valence-corrected chi connectivity index (χ3v) is 10.3. The lowest BCUT2D eigenvalue weighted by atomic mass is 9.96. The van der Waals surface area contributed by atoms with Gasteiger partial charge in [-0.2, -0.15) is 0 Å². The van der Waals surface area contributed by atoms with Crippen molar-refractivity contribution in [2.75, 3.05) is 4.90 Å². The summed E-state index contributed by atoms with van der Waals surface area (Å²) in [6, 6.07) is 74.8. The van der Waals surface area contributed by atoms with Gasteiger partial charge in [0.1, 0.15) is 0 Å². The lowest BCUT2D eigenvalue weighted by molar-refractivity contribution is 1.18. The molecule has 0 spiro atoms. The van der Waals surface area contributed by atoms with Crippen molar-refractivity contribution in [3.8, 4) is 27.9 Å². The second-order valence-corrected chi connectivity index (χ2v) is 13.4. The first-order valence-corrected chi connectivity index (χ1v) is 17.8. The van der Waals surface area contributed by atoms with Crippen LogP contribution >= 0.6 is 0 Å². The zero-order chi connectivity index (χ0) is 34.4. The highest BCUT2D eigenvalue weighted by Crippen LogP contribution is 2.41. The van der Waals surface area contributed by atoms with Crippen LogP contribution in [0.5, 0.6) is 0 Å². The molecule has 1 heterocycles. The Kier molecular flexibility index (Phi) is 7.18. The lowest BCUT2D eigenvalue weighted by Gasteiger charge is -2.26. The molecule has 0 saturated heterocycles. The standard InChI is InChI=1S/C50H34N2/c1-4-12-35(13-5-1)38-23-20-36-21-24-39(31-41(36)30-38)40-25-22-37-26-27-45(33-42(37)32-40)51(43-14-6-2-7-15-43)46-28-29-48-47-18-10-11-19-49(47)52(50(48)34-46)44-16-8-3-9-17-44/h1-34H. The maximum atomic E-state index is 2.39. The van der Waals surface area contributed by atoms with Gasteiger partial charge in [-0.1, -0.05) is 133 Å². The second kappa shape index (κ2) is 12.5. The molecule has 9 aromatic carbocycles. The minimum Gasteiger partial charge on any atom is -0.310 e. The highest BCUT2D eigenvalue weighted by Gasteiger charge is 2.18. The summed E-state index contributed by atoms with van der Waals surface area (Å²) in [5.41, 5.74) is 11.8. The SMILES string of the molecule is c1ccc(-c2ccc3ccc(-c4ccc5ccc(N(c6ccccc6)c6ccc7c8ccccc8n(-c8ccccc8)c7c6)cc5c4)cc3c2)cc1. The molecule has 0 fully saturated rings. The van der Waals surface area contributed by atoms with Gasteiger partial charge in [0.15, 0.2) is 0 Å². The molecule has 244 valence electrons. The molecule has 10 rings (SSSR count). The number of para-hydroxylation sites is 3. The largest absolute Gasteiger partial charge is 0.310 e. The van der Waals surface area contributed by atoms with Crippen molar-refractivity contribution in [1.82, 2.24) is 4.57 Å². The molecule has 0 amide bonds. The van der Waals surface area contributed by atoms with Gasteiger partial charge >= 0.3 is 0 Å². The van der Waals surface area contributed by atoms with Gasteiger partial charge in [0.2, 0.25) is 0 Å². The smallest absolute Gasteiger partial charge is 0.0561 e. The van der Waals surface area contributed by atoms with Crippen LogP contribution in [0.15, 0.2) is 206 Å². The molecule has 0 aliphatic carbocycles. The molecule has 52 heavy (non-hydrogen) atoms. The van der Waals surface area contributed by atoms with Crippen molar-refractivity contribution in [1.29, 1.82) is 0 Å². The highest BCUT2D eigenvalue weighted by atomic mass is 15.1. The van der Waals surface area contributed by atoms with Crippen molar-refractivity contribution in [2.45, 2.75) is 0 Å². The normalized spacial score (nSPS) is 11.5. The van der Waals surface area contributed by atoms with E-state index in [9.17, 15) is 0 Å². The molecule has 0 N–H and O–H groups in total. The summed E-state index contributed by atoms with van der Waals surface area (Å²) in [6.07, 6.45) is 0. The predicted octanol–water partition coefficient (Wildman–Crippen LogP) is 13.9. The van der Waals surface area contributed by atoms with Crippen LogP contribution in [0, 0.1) is 0 Å². The summed E-state index contributed by atoms with van der Waals surface area (Å²) in [6.45, 7) is 0. The molecule has 0 atom stereocenters. The first-order valence-electron chi connectivity index (χ1n) is 17.8. The number of aromatic nitrogens is 1. The Labute approximate surface area is 303 Å². The maximum Gasteiger partial charge on any atom is 0.0561 e. The molecule has 0 unspecified atom stereocenters. The van der Waals surface area contributed by atoms with E-state index >= 15 is 0 Å². The number of hydrogen-bond acceptors (Lipinski definition) is 1. The van der Waals surface area contributed by atoms with Crippen molar-refractivity contribution in [3.63, 3.8) is 0 Å². The molecule has 10 aromatic rings. The van der Waals surface area contributed by atoms with Crippen LogP contribution in [0.2, 0.25) is 0 Å². The van der Waals surface area contributed by atoms with Gasteiger partial charge in [-0.15, -0.1) is 0 Å². The van der Waals surface area contributed by atoms with Crippen LogP contribution in [0.4, 0.5) is 17.1 Å². The van der Waals surface area contributed by atoms with E-state index in [0.29, 0.717) is 0 Å². The molecular formula is C50H34N2. The van der Waals surface area contributed by atoms with E-state index in [-0.39, 0.29) is 0 Å². The molecular weight excluding hydrogens is 629 g/mol. The van der Waals surface area contributed by atoms with Gasteiger partial charge in [-0.25, -0.2) is 0 Å². The van der Waals surface area contributed by atoms with Crippen LogP contribution in [0.1, 0.15) is 0 Å². The number of rotatable bonds is 6. The van der Waals surface area contributed by atoms with E-state index in [2.05, 4.69) is 216 Å². The van der Waals surface area contributed by atoms with E-state index in [1.54, 1.807) is 0 Å². The minimum atomic E-state index is 1.11. The van der Waals surface area contributed by atoms with Crippen molar-refractivity contribution in [2.24, 2.45) is 0 Å². The molecule has 0 aliphatic rings. The van der Waals surface area contributed by atoms with Crippen LogP contribution in [0.25, 0.3) is 71.3 Å². The van der Waals surface area contributed by atoms with E-state index < -0.39 is 0 Å². The molecule has 0 bridgehead atoms. The second-order valence-electron chi connectivity index (χ2n) is 13.4. The summed E-state index contributed by atoms with van der Waals surface area (Å²) in [5, 5.41) is 7.40. The fourth-order valence-electron chi connectivity index (χ4n) is 7.77. The lowest BCUT2D eigenvalue weighted by Crippen LogP contribution is -2.10. The fraction of sp³-hybridized carbons (Fsp3) is 0. The Bertz CT molecular complexity index is 2890. The number of benzene rings is 9. The summed E-state index contributed by atoms with van der Waals surface area (Å²) in [5.74, 6) is 0. The third-order valence-electron chi connectivity index (χ3n) is 10.3. The van der Waals surface area contributed by atoms with Crippen LogP contribution in [0.3, 0.4) is 0 Å². The van der Waals surface area contributed by atoms with Crippen molar-refractivity contribution >= 4 is 60.4 Å². The zero-order valence-electron chi connectivity index (χ0n) is 28.5. The fourth-order valence-corrected chi connectivity index (χ4v) is 7.77. The van der Waals surface area contributed by atoms with E-state index in [4.69, 9.17) is 0 Å². The van der Waals surface area contributed by atoms with E-state index in [1.807, 2.05) is 0 Å². The molecule has 0 radical (unpaired) electrons. The molecule has 0 saturated carbocycles. The van der Waals surface area contributed by atoms with Crippen molar-refractivity contribution in [3.05, 3.63) is 206 Å². The predicted molar refractivity (Wildman–Crippen MR) is 221 cm³/mol. The summed E-state index contributed by atoms with van der Waals surface area (Å²) >= 11 is 0. The van der Waals surface area contributed by atoms with Gasteiger partial charge in [0.05, 0.1) is 11.0 Å². The van der Waals surface area contributed by atoms with Gasteiger partial charge < -0.3 is 9.47 Å². The molecule has 2 nitrogen and oxygen atoms in total. The van der Waals surface area contributed by atoms with E-state index in [0.717, 1.165) is 22.7 Å². The quantitative estimate of drug-likeness (QED) is 0.172. The Morgan fingerprint density at radius 1 is 0.288 bits per heavy atom. The first-order chi connectivity index (χ1) is 25.8. The maximum absolute atomic E-state index is 2.39. The minimum absolute atomic E-state index is 1.11. The van der Waals surface area contributed by atoms with Gasteiger partial charge in [-0.05, 0) is 117 Å². The summed E-state index contributed by atoms with van der Waals surface area (Å²) in [7, 11) is 0. The van der Waals surface area contributed by atoms with Crippen LogP contribution in [-0.4, -0.2) is 4.57 Å². The number of nitrogens with zero attached hydrogens (tertiary/aromatic N) is 2. The Morgan fingerprint density at radius 3 is 1.48 bits per heavy atom. The highest BCUT2D eigenvalue weighted by molar-refractivity contribution is 6.10. The van der Waals surface area contributed by atoms with Crippen molar-refractivity contribution < 1.29 is 0 Å². The first kappa shape index (κ1) is 30.0. The number of anilines is 3. The topological polar surface area (TPSA) is 8.17 Å². The Hall–Kier alpha value is -6.90. The number of fused-ring (bicyclic) bond motifs is 5.